The number of thiazole rings is 1. The second-order valence-corrected chi connectivity index (χ2v) is 6.80. The third kappa shape index (κ3) is 2.45. The summed E-state index contributed by atoms with van der Waals surface area (Å²) in [6.45, 7) is 2.22. The van der Waals surface area contributed by atoms with Crippen LogP contribution in [0.2, 0.25) is 0 Å². The number of aromatic nitrogens is 6. The van der Waals surface area contributed by atoms with Crippen molar-refractivity contribution in [2.75, 3.05) is 24.6 Å². The molecule has 2 aliphatic rings. The molecule has 5 rings (SSSR count). The van der Waals surface area contributed by atoms with Gasteiger partial charge in [0.25, 0.3) is 0 Å². The lowest BCUT2D eigenvalue weighted by molar-refractivity contribution is 0.0392. The monoisotopic (exact) mass is 329 g/mol. The molecular weight excluding hydrogens is 314 g/mol. The Kier molecular flexibility index (Phi) is 3.01. The van der Waals surface area contributed by atoms with E-state index in [4.69, 9.17) is 9.72 Å². The fraction of sp³-hybridized carbons (Fsp3) is 0.500. The molecular formula is C14H15N7OS. The topological polar surface area (TPSA) is 81.3 Å². The second-order valence-electron chi connectivity index (χ2n) is 5.91. The van der Waals surface area contributed by atoms with Gasteiger partial charge in [0.1, 0.15) is 11.1 Å². The normalized spacial score (nSPS) is 21.9. The molecule has 2 fully saturated rings. The van der Waals surface area contributed by atoms with E-state index in [0.717, 1.165) is 23.9 Å². The number of fused-ring (bicyclic) bond motifs is 1. The van der Waals surface area contributed by atoms with Gasteiger partial charge in [0.2, 0.25) is 0 Å². The molecule has 1 aliphatic carbocycles. The maximum absolute atomic E-state index is 5.93. The maximum Gasteiger partial charge on any atom is 0.200 e. The first kappa shape index (κ1) is 13.3. The lowest BCUT2D eigenvalue weighted by atomic mass is 10.2. The van der Waals surface area contributed by atoms with E-state index in [9.17, 15) is 0 Å². The highest BCUT2D eigenvalue weighted by molar-refractivity contribution is 7.09. The van der Waals surface area contributed by atoms with Gasteiger partial charge in [-0.2, -0.15) is 0 Å². The zero-order valence-corrected chi connectivity index (χ0v) is 13.2. The van der Waals surface area contributed by atoms with Crippen molar-refractivity contribution < 1.29 is 4.74 Å². The molecule has 0 aromatic carbocycles. The fourth-order valence-corrected chi connectivity index (χ4v) is 3.77. The second kappa shape index (κ2) is 5.20. The van der Waals surface area contributed by atoms with Crippen LogP contribution >= 0.6 is 11.3 Å². The van der Waals surface area contributed by atoms with E-state index in [1.54, 1.807) is 11.3 Å². The van der Waals surface area contributed by atoms with Crippen LogP contribution in [-0.2, 0) is 4.74 Å². The summed E-state index contributed by atoms with van der Waals surface area (Å²) in [5, 5.41) is 19.1. The molecule has 8 nitrogen and oxygen atoms in total. The molecule has 9 heteroatoms. The average Bonchev–Trinajstić information content (AvgIpc) is 3.14. The molecule has 3 aromatic rings. The summed E-state index contributed by atoms with van der Waals surface area (Å²) in [4.78, 5) is 6.98. The van der Waals surface area contributed by atoms with Crippen molar-refractivity contribution in [3.63, 3.8) is 0 Å². The van der Waals surface area contributed by atoms with E-state index >= 15 is 0 Å². The molecule has 3 aromatic heterocycles. The van der Waals surface area contributed by atoms with Crippen molar-refractivity contribution in [1.82, 2.24) is 30.2 Å². The van der Waals surface area contributed by atoms with E-state index in [1.807, 2.05) is 12.1 Å². The van der Waals surface area contributed by atoms with Crippen LogP contribution in [0.4, 0.5) is 5.82 Å². The number of rotatable bonds is 3. The Morgan fingerprint density at radius 2 is 2.22 bits per heavy atom. The minimum absolute atomic E-state index is 0.00705. The first-order valence-electron chi connectivity index (χ1n) is 7.74. The molecule has 1 aliphatic heterocycles. The van der Waals surface area contributed by atoms with E-state index in [-0.39, 0.29) is 6.10 Å². The van der Waals surface area contributed by atoms with Gasteiger partial charge in [-0.1, -0.05) is 0 Å². The SMILES string of the molecule is c1sc(C2CN(c3ccc4nnnn4n3)CCO2)nc1C1CC1. The third-order valence-corrected chi connectivity index (χ3v) is 5.21. The molecule has 0 radical (unpaired) electrons. The summed E-state index contributed by atoms with van der Waals surface area (Å²) in [7, 11) is 0. The van der Waals surface area contributed by atoms with Crippen molar-refractivity contribution in [3.05, 3.63) is 28.2 Å². The van der Waals surface area contributed by atoms with Crippen LogP contribution in [0.15, 0.2) is 17.5 Å². The molecule has 23 heavy (non-hydrogen) atoms. The number of hydrogen-bond acceptors (Lipinski definition) is 8. The summed E-state index contributed by atoms with van der Waals surface area (Å²) < 4.78 is 7.39. The summed E-state index contributed by atoms with van der Waals surface area (Å²) in [6, 6.07) is 3.83. The number of ether oxygens (including phenoxy) is 1. The molecule has 1 unspecified atom stereocenters. The van der Waals surface area contributed by atoms with Crippen molar-refractivity contribution in [3.8, 4) is 0 Å². The van der Waals surface area contributed by atoms with Crippen molar-refractivity contribution in [2.45, 2.75) is 24.9 Å². The maximum atomic E-state index is 5.93. The van der Waals surface area contributed by atoms with E-state index in [1.165, 1.54) is 23.2 Å². The van der Waals surface area contributed by atoms with Crippen molar-refractivity contribution in [1.29, 1.82) is 0 Å². The summed E-state index contributed by atoms with van der Waals surface area (Å²) >= 11 is 1.70. The Morgan fingerprint density at radius 3 is 3.13 bits per heavy atom. The predicted molar refractivity (Wildman–Crippen MR) is 83.6 cm³/mol. The van der Waals surface area contributed by atoms with Crippen LogP contribution in [0.3, 0.4) is 0 Å². The van der Waals surface area contributed by atoms with Gasteiger partial charge < -0.3 is 9.64 Å². The molecule has 0 spiro atoms. The zero-order valence-electron chi connectivity index (χ0n) is 12.4. The largest absolute Gasteiger partial charge is 0.367 e. The Bertz CT molecular complexity index is 842. The number of morpholine rings is 1. The first-order chi connectivity index (χ1) is 11.4. The lowest BCUT2D eigenvalue weighted by Gasteiger charge is -2.32. The predicted octanol–water partition coefficient (Wildman–Crippen LogP) is 1.43. The van der Waals surface area contributed by atoms with Gasteiger partial charge in [0.05, 0.1) is 18.8 Å². The number of nitrogens with zero attached hydrogens (tertiary/aromatic N) is 7. The highest BCUT2D eigenvalue weighted by atomic mass is 32.1. The Labute approximate surface area is 136 Å². The smallest absolute Gasteiger partial charge is 0.200 e. The third-order valence-electron chi connectivity index (χ3n) is 4.26. The molecule has 1 saturated heterocycles. The molecule has 0 N–H and O–H groups in total. The van der Waals surface area contributed by atoms with Gasteiger partial charge in [-0.05, 0) is 35.4 Å². The van der Waals surface area contributed by atoms with Crippen LogP contribution in [0.1, 0.15) is 35.6 Å². The first-order valence-corrected chi connectivity index (χ1v) is 8.62. The fourth-order valence-electron chi connectivity index (χ4n) is 2.83. The van der Waals surface area contributed by atoms with Gasteiger partial charge in [-0.3, -0.25) is 0 Å². The Balaban J connectivity index is 1.38. The minimum Gasteiger partial charge on any atom is -0.367 e. The molecule has 1 saturated carbocycles. The quantitative estimate of drug-likeness (QED) is 0.719. The van der Waals surface area contributed by atoms with Crippen LogP contribution in [-0.4, -0.2) is 49.9 Å². The number of hydrogen-bond donors (Lipinski definition) is 0. The highest BCUT2D eigenvalue weighted by Gasteiger charge is 2.30. The summed E-state index contributed by atoms with van der Waals surface area (Å²) in [6.07, 6.45) is 2.56. The molecule has 4 heterocycles. The molecule has 0 amide bonds. The van der Waals surface area contributed by atoms with Crippen molar-refractivity contribution in [2.24, 2.45) is 0 Å². The molecule has 0 bridgehead atoms. The van der Waals surface area contributed by atoms with Gasteiger partial charge in [-0.25, -0.2) is 4.98 Å². The number of tetrazole rings is 1. The van der Waals surface area contributed by atoms with Crippen LogP contribution in [0.5, 0.6) is 0 Å². The Morgan fingerprint density at radius 1 is 1.26 bits per heavy atom. The van der Waals surface area contributed by atoms with Crippen LogP contribution in [0.25, 0.3) is 5.65 Å². The van der Waals surface area contributed by atoms with Crippen LogP contribution in [0, 0.1) is 0 Å². The highest BCUT2D eigenvalue weighted by Crippen LogP contribution is 2.41. The lowest BCUT2D eigenvalue weighted by Crippen LogP contribution is -2.39. The van der Waals surface area contributed by atoms with Crippen LogP contribution < -0.4 is 4.90 Å². The summed E-state index contributed by atoms with van der Waals surface area (Å²) in [5.41, 5.74) is 1.88. The summed E-state index contributed by atoms with van der Waals surface area (Å²) in [5.74, 6) is 1.54. The van der Waals surface area contributed by atoms with Gasteiger partial charge >= 0.3 is 0 Å². The zero-order chi connectivity index (χ0) is 15.2. The average molecular weight is 329 g/mol. The van der Waals surface area contributed by atoms with E-state index < -0.39 is 0 Å². The standard InChI is InChI=1S/C14H15N7OS/c1-2-9(1)10-8-23-14(15-10)11-7-20(5-6-22-11)13-4-3-12-16-18-19-21(12)17-13/h3-4,8-9,11H,1-2,5-7H2. The van der Waals surface area contributed by atoms with Gasteiger partial charge in [-0.15, -0.1) is 26.2 Å². The van der Waals surface area contributed by atoms with E-state index in [0.29, 0.717) is 18.2 Å². The van der Waals surface area contributed by atoms with Crippen molar-refractivity contribution >= 4 is 22.8 Å². The van der Waals surface area contributed by atoms with E-state index in [2.05, 4.69) is 30.9 Å². The number of anilines is 1. The molecule has 118 valence electrons. The van der Waals surface area contributed by atoms with Gasteiger partial charge in [0.15, 0.2) is 11.5 Å². The minimum atomic E-state index is 0.00705. The van der Waals surface area contributed by atoms with Gasteiger partial charge in [0, 0.05) is 17.8 Å². The Hall–Kier alpha value is -2.13. The molecule has 1 atom stereocenters.